The van der Waals surface area contributed by atoms with Crippen LogP contribution in [-0.2, 0) is 9.53 Å². The van der Waals surface area contributed by atoms with Crippen molar-refractivity contribution < 1.29 is 14.3 Å². The van der Waals surface area contributed by atoms with E-state index in [1.54, 1.807) is 0 Å². The van der Waals surface area contributed by atoms with Crippen molar-refractivity contribution in [2.45, 2.75) is 32.4 Å². The van der Waals surface area contributed by atoms with Gasteiger partial charge in [-0.1, -0.05) is 17.7 Å². The molecule has 1 N–H and O–H groups in total. The summed E-state index contributed by atoms with van der Waals surface area (Å²) >= 11 is 0. The van der Waals surface area contributed by atoms with Crippen LogP contribution in [0.25, 0.3) is 0 Å². The van der Waals surface area contributed by atoms with Gasteiger partial charge in [-0.2, -0.15) is 0 Å². The Balaban J connectivity index is 1.97. The van der Waals surface area contributed by atoms with Gasteiger partial charge in [0.2, 0.25) is 0 Å². The highest BCUT2D eigenvalue weighted by Gasteiger charge is 2.31. The lowest BCUT2D eigenvalue weighted by atomic mass is 10.1. The Morgan fingerprint density at radius 1 is 1.39 bits per heavy atom. The molecule has 0 aliphatic carbocycles. The number of benzene rings is 1. The van der Waals surface area contributed by atoms with Gasteiger partial charge in [-0.3, -0.25) is 4.79 Å². The molecule has 1 saturated heterocycles. The summed E-state index contributed by atoms with van der Waals surface area (Å²) in [7, 11) is 1.41. The Morgan fingerprint density at radius 2 is 2.17 bits per heavy atom. The molecule has 2 atom stereocenters. The second-order valence-corrected chi connectivity index (χ2v) is 4.73. The van der Waals surface area contributed by atoms with Crippen LogP contribution in [0.5, 0.6) is 5.75 Å². The maximum absolute atomic E-state index is 11.4. The number of hydrogen-bond acceptors (Lipinski definition) is 4. The zero-order chi connectivity index (χ0) is 13.1. The van der Waals surface area contributed by atoms with Crippen LogP contribution in [0.2, 0.25) is 0 Å². The molecule has 1 aromatic rings. The number of rotatable bonds is 3. The average Bonchev–Trinajstić information content (AvgIpc) is 2.80. The minimum absolute atomic E-state index is 0.0236. The molecule has 1 aliphatic rings. The molecule has 4 nitrogen and oxygen atoms in total. The monoisotopic (exact) mass is 249 g/mol. The number of ether oxygens (including phenoxy) is 2. The molecule has 2 unspecified atom stereocenters. The van der Waals surface area contributed by atoms with Crippen LogP contribution in [0.3, 0.4) is 0 Å². The van der Waals surface area contributed by atoms with Crippen molar-refractivity contribution in [2.24, 2.45) is 0 Å². The fourth-order valence-electron chi connectivity index (χ4n) is 2.23. The third kappa shape index (κ3) is 2.82. The van der Waals surface area contributed by atoms with E-state index in [1.165, 1.54) is 12.7 Å². The summed E-state index contributed by atoms with van der Waals surface area (Å²) in [6, 6.07) is 5.86. The number of carbonyl (C=O) groups is 1. The lowest BCUT2D eigenvalue weighted by Crippen LogP contribution is -2.31. The average molecular weight is 249 g/mol. The maximum Gasteiger partial charge on any atom is 0.323 e. The first kappa shape index (κ1) is 12.9. The first-order valence-corrected chi connectivity index (χ1v) is 6.15. The van der Waals surface area contributed by atoms with Gasteiger partial charge in [0, 0.05) is 13.0 Å². The molecule has 1 fully saturated rings. The number of esters is 1. The molecule has 0 bridgehead atoms. The molecule has 2 rings (SSSR count). The topological polar surface area (TPSA) is 47.6 Å². The van der Waals surface area contributed by atoms with Gasteiger partial charge in [-0.05, 0) is 25.5 Å². The van der Waals surface area contributed by atoms with Gasteiger partial charge in [-0.15, -0.1) is 0 Å². The van der Waals surface area contributed by atoms with Gasteiger partial charge in [0.25, 0.3) is 0 Å². The van der Waals surface area contributed by atoms with Crippen LogP contribution in [-0.4, -0.2) is 31.8 Å². The van der Waals surface area contributed by atoms with E-state index in [-0.39, 0.29) is 18.1 Å². The van der Waals surface area contributed by atoms with Gasteiger partial charge < -0.3 is 14.8 Å². The minimum atomic E-state index is -0.245. The standard InChI is InChI=1S/C14H19NO3/c1-9-4-5-13(10(2)6-9)18-11-7-12(15-8-11)14(16)17-3/h4-6,11-12,15H,7-8H2,1-3H3. The van der Waals surface area contributed by atoms with Crippen molar-refractivity contribution >= 4 is 5.97 Å². The van der Waals surface area contributed by atoms with Gasteiger partial charge in [0.1, 0.15) is 17.9 Å². The van der Waals surface area contributed by atoms with Crippen LogP contribution in [0, 0.1) is 13.8 Å². The van der Waals surface area contributed by atoms with Crippen molar-refractivity contribution in [3.8, 4) is 5.75 Å². The molecule has 0 amide bonds. The van der Waals surface area contributed by atoms with Gasteiger partial charge in [0.15, 0.2) is 0 Å². The summed E-state index contributed by atoms with van der Waals surface area (Å²) < 4.78 is 10.6. The molecule has 0 radical (unpaired) electrons. The van der Waals surface area contributed by atoms with Crippen molar-refractivity contribution in [3.63, 3.8) is 0 Å². The summed E-state index contributed by atoms with van der Waals surface area (Å²) in [6.45, 7) is 4.76. The van der Waals surface area contributed by atoms with E-state index >= 15 is 0 Å². The SMILES string of the molecule is COC(=O)C1CC(Oc2ccc(C)cc2C)CN1. The highest BCUT2D eigenvalue weighted by atomic mass is 16.5. The second-order valence-electron chi connectivity index (χ2n) is 4.73. The third-order valence-electron chi connectivity index (χ3n) is 3.20. The lowest BCUT2D eigenvalue weighted by Gasteiger charge is -2.15. The van der Waals surface area contributed by atoms with Crippen LogP contribution in [0.15, 0.2) is 18.2 Å². The Kier molecular flexibility index (Phi) is 3.87. The van der Waals surface area contributed by atoms with Gasteiger partial charge in [0.05, 0.1) is 7.11 Å². The quantitative estimate of drug-likeness (QED) is 0.826. The molecular formula is C14H19NO3. The molecule has 0 saturated carbocycles. The zero-order valence-corrected chi connectivity index (χ0v) is 11.0. The van der Waals surface area contributed by atoms with Crippen LogP contribution < -0.4 is 10.1 Å². The van der Waals surface area contributed by atoms with Crippen molar-refractivity contribution in [3.05, 3.63) is 29.3 Å². The first-order chi connectivity index (χ1) is 8.60. The highest BCUT2D eigenvalue weighted by molar-refractivity contribution is 5.76. The Hall–Kier alpha value is -1.55. The molecule has 1 heterocycles. The van der Waals surface area contributed by atoms with Crippen LogP contribution in [0.4, 0.5) is 0 Å². The Labute approximate surface area is 107 Å². The molecule has 1 aromatic carbocycles. The van der Waals surface area contributed by atoms with E-state index in [4.69, 9.17) is 9.47 Å². The summed E-state index contributed by atoms with van der Waals surface area (Å²) in [5.41, 5.74) is 2.34. The molecule has 4 heteroatoms. The number of hydrogen-bond donors (Lipinski definition) is 1. The summed E-state index contributed by atoms with van der Waals surface area (Å²) in [4.78, 5) is 11.4. The van der Waals surface area contributed by atoms with E-state index in [2.05, 4.69) is 18.3 Å². The smallest absolute Gasteiger partial charge is 0.323 e. The van der Waals surface area contributed by atoms with E-state index < -0.39 is 0 Å². The van der Waals surface area contributed by atoms with Gasteiger partial charge >= 0.3 is 5.97 Å². The summed E-state index contributed by atoms with van der Waals surface area (Å²) in [5, 5.41) is 3.11. The largest absolute Gasteiger partial charge is 0.489 e. The van der Waals surface area contributed by atoms with Gasteiger partial charge in [-0.25, -0.2) is 0 Å². The molecular weight excluding hydrogens is 230 g/mol. The predicted molar refractivity (Wildman–Crippen MR) is 68.8 cm³/mol. The fourth-order valence-corrected chi connectivity index (χ4v) is 2.23. The normalized spacial score (nSPS) is 22.8. The zero-order valence-electron chi connectivity index (χ0n) is 11.0. The second kappa shape index (κ2) is 5.40. The third-order valence-corrected chi connectivity index (χ3v) is 3.20. The predicted octanol–water partition coefficient (Wildman–Crippen LogP) is 1.59. The van der Waals surface area contributed by atoms with E-state index in [0.29, 0.717) is 13.0 Å². The molecule has 0 spiro atoms. The Bertz CT molecular complexity index is 445. The fraction of sp³-hybridized carbons (Fsp3) is 0.500. The molecule has 0 aromatic heterocycles. The summed E-state index contributed by atoms with van der Waals surface area (Å²) in [5.74, 6) is 0.666. The van der Waals surface area contributed by atoms with Crippen LogP contribution in [0.1, 0.15) is 17.5 Å². The Morgan fingerprint density at radius 3 is 2.83 bits per heavy atom. The van der Waals surface area contributed by atoms with Crippen molar-refractivity contribution in [2.75, 3.05) is 13.7 Å². The number of carbonyl (C=O) groups excluding carboxylic acids is 1. The molecule has 1 aliphatic heterocycles. The highest BCUT2D eigenvalue weighted by Crippen LogP contribution is 2.22. The maximum atomic E-state index is 11.4. The minimum Gasteiger partial charge on any atom is -0.489 e. The molecule has 18 heavy (non-hydrogen) atoms. The lowest BCUT2D eigenvalue weighted by molar-refractivity contribution is -0.142. The van der Waals surface area contributed by atoms with Crippen molar-refractivity contribution in [1.29, 1.82) is 0 Å². The number of aryl methyl sites for hydroxylation is 2. The number of nitrogens with one attached hydrogen (secondary N) is 1. The van der Waals surface area contributed by atoms with Crippen molar-refractivity contribution in [1.82, 2.24) is 5.32 Å². The van der Waals surface area contributed by atoms with Crippen LogP contribution >= 0.6 is 0 Å². The summed E-state index contributed by atoms with van der Waals surface area (Å²) in [6.07, 6.45) is 0.676. The van der Waals surface area contributed by atoms with E-state index in [9.17, 15) is 4.79 Å². The molecule has 98 valence electrons. The van der Waals surface area contributed by atoms with E-state index in [0.717, 1.165) is 11.3 Å². The first-order valence-electron chi connectivity index (χ1n) is 6.15. The van der Waals surface area contributed by atoms with E-state index in [1.807, 2.05) is 19.1 Å². The number of methoxy groups -OCH3 is 1.